The number of primary amides is 2. The highest BCUT2D eigenvalue weighted by molar-refractivity contribution is 7.80. The number of thiol groups is 1. The minimum atomic E-state index is -0.690. The maximum Gasteiger partial charge on any atom is 0.249 e. The van der Waals surface area contributed by atoms with Gasteiger partial charge in [-0.2, -0.15) is 0 Å². The van der Waals surface area contributed by atoms with Crippen LogP contribution in [-0.4, -0.2) is 11.8 Å². The fourth-order valence-corrected chi connectivity index (χ4v) is 1.15. The van der Waals surface area contributed by atoms with E-state index in [9.17, 15) is 9.59 Å². The smallest absolute Gasteiger partial charge is 0.249 e. The van der Waals surface area contributed by atoms with E-state index < -0.39 is 11.8 Å². The Kier molecular flexibility index (Phi) is 2.57. The van der Waals surface area contributed by atoms with Gasteiger partial charge in [-0.3, -0.25) is 9.59 Å². The minimum Gasteiger partial charge on any atom is -0.366 e. The third kappa shape index (κ3) is 2.00. The number of amides is 2. The van der Waals surface area contributed by atoms with Gasteiger partial charge in [-0.25, -0.2) is 0 Å². The van der Waals surface area contributed by atoms with E-state index >= 15 is 0 Å². The summed E-state index contributed by atoms with van der Waals surface area (Å²) in [5, 5.41) is 0. The summed E-state index contributed by atoms with van der Waals surface area (Å²) in [5.74, 6) is -1.37. The van der Waals surface area contributed by atoms with Crippen LogP contribution >= 0.6 is 12.6 Å². The highest BCUT2D eigenvalue weighted by Gasteiger charge is 2.12. The molecule has 0 saturated carbocycles. The van der Waals surface area contributed by atoms with Crippen molar-refractivity contribution in [3.8, 4) is 0 Å². The van der Waals surface area contributed by atoms with Crippen molar-refractivity contribution in [1.29, 1.82) is 0 Å². The first-order valence-electron chi connectivity index (χ1n) is 3.45. The molecule has 5 heteroatoms. The van der Waals surface area contributed by atoms with E-state index in [1.807, 2.05) is 0 Å². The first-order chi connectivity index (χ1) is 6.02. The van der Waals surface area contributed by atoms with Gasteiger partial charge in [0.25, 0.3) is 0 Å². The molecule has 0 heterocycles. The van der Waals surface area contributed by atoms with Crippen molar-refractivity contribution < 1.29 is 9.59 Å². The molecule has 0 radical (unpaired) electrons. The summed E-state index contributed by atoms with van der Waals surface area (Å²) in [6.45, 7) is 0. The van der Waals surface area contributed by atoms with Gasteiger partial charge in [0, 0.05) is 4.90 Å². The van der Waals surface area contributed by atoms with Crippen LogP contribution in [0.4, 0.5) is 0 Å². The summed E-state index contributed by atoms with van der Waals surface area (Å²) in [7, 11) is 0. The topological polar surface area (TPSA) is 86.2 Å². The fraction of sp³-hybridized carbons (Fsp3) is 0. The Bertz CT molecular complexity index is 376. The maximum atomic E-state index is 10.9. The lowest BCUT2D eigenvalue weighted by molar-refractivity contribution is 0.0967. The van der Waals surface area contributed by atoms with E-state index in [1.54, 1.807) is 6.07 Å². The van der Waals surface area contributed by atoms with Crippen LogP contribution in [0.25, 0.3) is 0 Å². The van der Waals surface area contributed by atoms with Crippen LogP contribution in [-0.2, 0) is 0 Å². The second-order valence-electron chi connectivity index (χ2n) is 2.46. The Morgan fingerprint density at radius 2 is 1.62 bits per heavy atom. The molecule has 0 atom stereocenters. The Morgan fingerprint density at radius 1 is 1.08 bits per heavy atom. The van der Waals surface area contributed by atoms with E-state index in [-0.39, 0.29) is 11.1 Å². The number of hydrogen-bond donors (Lipinski definition) is 3. The van der Waals surface area contributed by atoms with Crippen LogP contribution < -0.4 is 11.5 Å². The van der Waals surface area contributed by atoms with Gasteiger partial charge in [0.15, 0.2) is 0 Å². The van der Waals surface area contributed by atoms with E-state index in [0.717, 1.165) is 0 Å². The van der Waals surface area contributed by atoms with Gasteiger partial charge in [-0.1, -0.05) is 0 Å². The Balaban J connectivity index is 3.35. The molecule has 0 aliphatic rings. The SMILES string of the molecule is NC(=O)c1ccc(S)cc1C(N)=O. The van der Waals surface area contributed by atoms with Crippen LogP contribution in [0.3, 0.4) is 0 Å². The quantitative estimate of drug-likeness (QED) is 0.589. The standard InChI is InChI=1S/C8H8N2O2S/c9-7(11)5-2-1-4(13)3-6(5)8(10)12/h1-3,13H,(H2,9,11)(H2,10,12). The molecule has 13 heavy (non-hydrogen) atoms. The average molecular weight is 196 g/mol. The Labute approximate surface area is 80.3 Å². The lowest BCUT2D eigenvalue weighted by Crippen LogP contribution is -2.20. The number of rotatable bonds is 2. The predicted molar refractivity (Wildman–Crippen MR) is 50.7 cm³/mol. The minimum absolute atomic E-state index is 0.0972. The molecule has 0 bridgehead atoms. The summed E-state index contributed by atoms with van der Waals surface area (Å²) < 4.78 is 0. The van der Waals surface area contributed by atoms with Crippen molar-refractivity contribution >= 4 is 24.4 Å². The molecule has 2 amide bonds. The van der Waals surface area contributed by atoms with E-state index in [0.29, 0.717) is 4.90 Å². The maximum absolute atomic E-state index is 10.9. The second-order valence-corrected chi connectivity index (χ2v) is 2.97. The van der Waals surface area contributed by atoms with Gasteiger partial charge in [-0.05, 0) is 18.2 Å². The van der Waals surface area contributed by atoms with Crippen LogP contribution in [0.2, 0.25) is 0 Å². The number of benzene rings is 1. The van der Waals surface area contributed by atoms with Gasteiger partial charge in [-0.15, -0.1) is 12.6 Å². The first kappa shape index (κ1) is 9.60. The zero-order chi connectivity index (χ0) is 10.0. The summed E-state index contributed by atoms with van der Waals surface area (Å²) in [6.07, 6.45) is 0. The monoisotopic (exact) mass is 196 g/mol. The van der Waals surface area contributed by atoms with Crippen molar-refractivity contribution in [2.75, 3.05) is 0 Å². The Hall–Kier alpha value is -1.49. The fourth-order valence-electron chi connectivity index (χ4n) is 0.951. The van der Waals surface area contributed by atoms with Crippen molar-refractivity contribution in [3.63, 3.8) is 0 Å². The van der Waals surface area contributed by atoms with Crippen molar-refractivity contribution in [3.05, 3.63) is 29.3 Å². The zero-order valence-corrected chi connectivity index (χ0v) is 7.54. The van der Waals surface area contributed by atoms with Gasteiger partial charge in [0.1, 0.15) is 0 Å². The van der Waals surface area contributed by atoms with Crippen molar-refractivity contribution in [2.24, 2.45) is 11.5 Å². The third-order valence-electron chi connectivity index (χ3n) is 1.53. The molecule has 1 aromatic carbocycles. The molecule has 0 aromatic heterocycles. The molecule has 0 fully saturated rings. The summed E-state index contributed by atoms with van der Waals surface area (Å²) >= 11 is 4.00. The van der Waals surface area contributed by atoms with Gasteiger partial charge >= 0.3 is 0 Å². The summed E-state index contributed by atoms with van der Waals surface area (Å²) in [4.78, 5) is 22.2. The van der Waals surface area contributed by atoms with Gasteiger partial charge in [0.2, 0.25) is 11.8 Å². The highest BCUT2D eigenvalue weighted by atomic mass is 32.1. The van der Waals surface area contributed by atoms with Crippen LogP contribution in [0.1, 0.15) is 20.7 Å². The van der Waals surface area contributed by atoms with E-state index in [2.05, 4.69) is 12.6 Å². The molecule has 68 valence electrons. The van der Waals surface area contributed by atoms with E-state index in [1.165, 1.54) is 12.1 Å². The molecule has 0 aliphatic heterocycles. The molecule has 1 rings (SSSR count). The number of nitrogens with two attached hydrogens (primary N) is 2. The first-order valence-corrected chi connectivity index (χ1v) is 3.89. The normalized spacial score (nSPS) is 9.62. The zero-order valence-electron chi connectivity index (χ0n) is 6.65. The molecule has 0 aliphatic carbocycles. The van der Waals surface area contributed by atoms with Gasteiger partial charge < -0.3 is 11.5 Å². The Morgan fingerprint density at radius 3 is 2.08 bits per heavy atom. The van der Waals surface area contributed by atoms with Crippen LogP contribution in [0.15, 0.2) is 23.1 Å². The molecule has 4 N–H and O–H groups in total. The van der Waals surface area contributed by atoms with Gasteiger partial charge in [0.05, 0.1) is 11.1 Å². The van der Waals surface area contributed by atoms with Crippen molar-refractivity contribution in [2.45, 2.75) is 4.90 Å². The molecular formula is C8H8N2O2S. The molecule has 1 aromatic rings. The largest absolute Gasteiger partial charge is 0.366 e. The number of hydrogen-bond acceptors (Lipinski definition) is 3. The lowest BCUT2D eigenvalue weighted by atomic mass is 10.1. The third-order valence-corrected chi connectivity index (χ3v) is 1.81. The summed E-state index contributed by atoms with van der Waals surface area (Å²) in [5.41, 5.74) is 10.3. The summed E-state index contributed by atoms with van der Waals surface area (Å²) in [6, 6.07) is 4.39. The number of carbonyl (C=O) groups excluding carboxylic acids is 2. The average Bonchev–Trinajstić information content (AvgIpc) is 2.03. The molecule has 4 nitrogen and oxygen atoms in total. The highest BCUT2D eigenvalue weighted by Crippen LogP contribution is 2.13. The second kappa shape index (κ2) is 3.49. The van der Waals surface area contributed by atoms with Crippen LogP contribution in [0.5, 0.6) is 0 Å². The lowest BCUT2D eigenvalue weighted by Gasteiger charge is -2.02. The van der Waals surface area contributed by atoms with E-state index in [4.69, 9.17) is 11.5 Å². The van der Waals surface area contributed by atoms with Crippen LogP contribution in [0, 0.1) is 0 Å². The molecule has 0 unspecified atom stereocenters. The number of carbonyl (C=O) groups is 2. The molecule has 0 spiro atoms. The molecular weight excluding hydrogens is 188 g/mol. The molecule has 0 saturated heterocycles. The van der Waals surface area contributed by atoms with Crippen molar-refractivity contribution in [1.82, 2.24) is 0 Å². The predicted octanol–water partition coefficient (Wildman–Crippen LogP) is 0.173.